The molecule has 10 aromatic carbocycles. The van der Waals surface area contributed by atoms with Crippen molar-refractivity contribution in [1.29, 1.82) is 0 Å². The van der Waals surface area contributed by atoms with Crippen molar-refractivity contribution in [3.05, 3.63) is 240 Å². The summed E-state index contributed by atoms with van der Waals surface area (Å²) in [5.74, 6) is -1.69. The van der Waals surface area contributed by atoms with Gasteiger partial charge in [0.25, 0.3) is 0 Å². The highest BCUT2D eigenvalue weighted by Crippen LogP contribution is 2.48. The summed E-state index contributed by atoms with van der Waals surface area (Å²) in [5, 5.41) is 2.99. The van der Waals surface area contributed by atoms with E-state index in [2.05, 4.69) is 0 Å². The number of aryl methyl sites for hydroxylation is 4. The Kier molecular flexibility index (Phi) is 10.6. The lowest BCUT2D eigenvalue weighted by molar-refractivity contribution is -0.137. The zero-order valence-corrected chi connectivity index (χ0v) is 39.8. The lowest BCUT2D eigenvalue weighted by Gasteiger charge is -2.23. The Labute approximate surface area is 413 Å². The van der Waals surface area contributed by atoms with Crippen LogP contribution < -0.4 is 0 Å². The first-order valence-electron chi connectivity index (χ1n) is 23.9. The van der Waals surface area contributed by atoms with Gasteiger partial charge < -0.3 is 9.13 Å². The van der Waals surface area contributed by atoms with Gasteiger partial charge in [-0.25, -0.2) is 8.78 Å². The van der Waals surface area contributed by atoms with Gasteiger partial charge in [0.15, 0.2) is 0 Å². The minimum absolute atomic E-state index is 0.0943. The summed E-state index contributed by atoms with van der Waals surface area (Å²) >= 11 is 0. The van der Waals surface area contributed by atoms with Crippen LogP contribution in [-0.2, 0) is 6.18 Å². The molecule has 0 radical (unpaired) electrons. The second-order valence-corrected chi connectivity index (χ2v) is 19.1. The van der Waals surface area contributed by atoms with Crippen LogP contribution in [0.25, 0.3) is 111 Å². The summed E-state index contributed by atoms with van der Waals surface area (Å²) in [6.45, 7) is 8.10. The van der Waals surface area contributed by atoms with Crippen LogP contribution in [0.3, 0.4) is 0 Å². The SMILES string of the molecule is Cc1ccc(-c2ccc3c(c2)c2cc(-c4ccc(C)cc4)ccc2n3-c2cc(-c3cc(F)cc(F)c3)cc(-n3c4ccc(-c5ccc(C)cc5)cc4c4cc(-c5ccc(C)cc5)ccc43)c2C(F)(F)F)cc1. The highest BCUT2D eigenvalue weighted by molar-refractivity contribution is 6.13. The molecular formula is C65H45F5N2. The number of aromatic nitrogens is 2. The normalized spacial score (nSPS) is 12.0. The van der Waals surface area contributed by atoms with Gasteiger partial charge in [0.1, 0.15) is 17.2 Å². The Bertz CT molecular complexity index is 3640. The molecule has 350 valence electrons. The molecule has 12 aromatic rings. The van der Waals surface area contributed by atoms with Crippen LogP contribution in [-0.4, -0.2) is 9.13 Å². The number of benzene rings is 10. The second-order valence-electron chi connectivity index (χ2n) is 19.1. The Morgan fingerprint density at radius 1 is 0.278 bits per heavy atom. The first-order chi connectivity index (χ1) is 34.7. The maximum absolute atomic E-state index is 16.9. The third-order valence-electron chi connectivity index (χ3n) is 14.1. The van der Waals surface area contributed by atoms with Crippen molar-refractivity contribution in [2.45, 2.75) is 33.9 Å². The van der Waals surface area contributed by atoms with Crippen molar-refractivity contribution in [1.82, 2.24) is 9.13 Å². The smallest absolute Gasteiger partial charge is 0.309 e. The summed E-state index contributed by atoms with van der Waals surface area (Å²) in [4.78, 5) is 0. The molecule has 2 aromatic heterocycles. The molecule has 0 saturated carbocycles. The summed E-state index contributed by atoms with van der Waals surface area (Å²) in [7, 11) is 0. The zero-order valence-electron chi connectivity index (χ0n) is 39.8. The van der Waals surface area contributed by atoms with E-state index in [1.165, 1.54) is 24.3 Å². The number of hydrogen-bond donors (Lipinski definition) is 0. The Hall–Kier alpha value is -8.55. The number of hydrogen-bond acceptors (Lipinski definition) is 0. The second kappa shape index (κ2) is 17.1. The van der Waals surface area contributed by atoms with Gasteiger partial charge in [-0.1, -0.05) is 144 Å². The topological polar surface area (TPSA) is 9.86 Å². The zero-order chi connectivity index (χ0) is 49.6. The standard InChI is InChI=1S/C65H45F5N2/c1-38-5-13-42(14-6-38)46-21-25-58-54(31-46)55-32-47(43-15-7-39(2)8-16-43)22-26-59(55)71(58)62-35-51(50-29-52(66)37-53(67)30-50)36-63(64(62)65(68,69)70)72-60-27-23-48(44-17-9-40(3)10-18-44)33-56(60)57-34-49(24-28-61(57)72)45-19-11-41(4)12-20-45/h5-37H,1-4H3. The minimum Gasteiger partial charge on any atom is -0.309 e. The number of halogens is 5. The highest BCUT2D eigenvalue weighted by atomic mass is 19.4. The fourth-order valence-electron chi connectivity index (χ4n) is 10.4. The van der Waals surface area contributed by atoms with E-state index in [0.29, 0.717) is 22.1 Å². The van der Waals surface area contributed by atoms with E-state index in [4.69, 9.17) is 0 Å². The Morgan fingerprint density at radius 2 is 0.528 bits per heavy atom. The van der Waals surface area contributed by atoms with Gasteiger partial charge in [0.2, 0.25) is 0 Å². The van der Waals surface area contributed by atoms with Crippen molar-refractivity contribution in [2.24, 2.45) is 0 Å². The number of nitrogens with zero attached hydrogens (tertiary/aromatic N) is 2. The molecular weight excluding hydrogens is 904 g/mol. The maximum atomic E-state index is 16.9. The predicted molar refractivity (Wildman–Crippen MR) is 286 cm³/mol. The first kappa shape index (κ1) is 44.6. The summed E-state index contributed by atoms with van der Waals surface area (Å²) < 4.78 is 84.7. The predicted octanol–water partition coefficient (Wildman–Crippen LogP) is 18.7. The molecule has 0 fully saturated rings. The van der Waals surface area contributed by atoms with Crippen molar-refractivity contribution in [3.8, 4) is 67.0 Å². The van der Waals surface area contributed by atoms with Crippen molar-refractivity contribution < 1.29 is 22.0 Å². The van der Waals surface area contributed by atoms with E-state index in [0.717, 1.165) is 94.4 Å². The molecule has 2 heterocycles. The minimum atomic E-state index is -4.95. The molecule has 0 unspecified atom stereocenters. The van der Waals surface area contributed by atoms with Crippen LogP contribution in [0.2, 0.25) is 0 Å². The van der Waals surface area contributed by atoms with E-state index in [9.17, 15) is 0 Å². The van der Waals surface area contributed by atoms with Gasteiger partial charge in [0, 0.05) is 27.6 Å². The van der Waals surface area contributed by atoms with Crippen LogP contribution in [0.1, 0.15) is 27.8 Å². The number of alkyl halides is 3. The fraction of sp³-hybridized carbons (Fsp3) is 0.0769. The Balaban J connectivity index is 1.20. The molecule has 2 nitrogen and oxygen atoms in total. The van der Waals surface area contributed by atoms with E-state index in [1.807, 2.05) is 198 Å². The fourth-order valence-corrected chi connectivity index (χ4v) is 10.4. The molecule has 0 spiro atoms. The summed E-state index contributed by atoms with van der Waals surface area (Å²) in [5.41, 5.74) is 13.1. The van der Waals surface area contributed by atoms with Gasteiger partial charge in [-0.05, 0) is 156 Å². The lowest BCUT2D eigenvalue weighted by atomic mass is 9.98. The molecule has 72 heavy (non-hydrogen) atoms. The number of fused-ring (bicyclic) bond motifs is 6. The van der Waals surface area contributed by atoms with Crippen LogP contribution in [0.4, 0.5) is 22.0 Å². The van der Waals surface area contributed by atoms with E-state index in [-0.39, 0.29) is 22.5 Å². The third-order valence-corrected chi connectivity index (χ3v) is 14.1. The highest BCUT2D eigenvalue weighted by Gasteiger charge is 2.40. The van der Waals surface area contributed by atoms with Gasteiger partial charge in [0.05, 0.1) is 33.4 Å². The molecule has 0 amide bonds. The molecule has 0 aliphatic rings. The largest absolute Gasteiger partial charge is 0.420 e. The molecule has 0 aliphatic carbocycles. The van der Waals surface area contributed by atoms with Gasteiger partial charge in [-0.15, -0.1) is 0 Å². The molecule has 0 bridgehead atoms. The molecule has 0 atom stereocenters. The van der Waals surface area contributed by atoms with Crippen LogP contribution in [0, 0.1) is 39.3 Å². The molecule has 12 rings (SSSR count). The molecule has 0 N–H and O–H groups in total. The monoisotopic (exact) mass is 948 g/mol. The van der Waals surface area contributed by atoms with Crippen molar-refractivity contribution in [3.63, 3.8) is 0 Å². The summed E-state index contributed by atoms with van der Waals surface area (Å²) in [6.07, 6.45) is -4.95. The van der Waals surface area contributed by atoms with Gasteiger partial charge >= 0.3 is 6.18 Å². The maximum Gasteiger partial charge on any atom is 0.420 e. The molecule has 0 saturated heterocycles. The van der Waals surface area contributed by atoms with Crippen LogP contribution >= 0.6 is 0 Å². The van der Waals surface area contributed by atoms with Crippen LogP contribution in [0.15, 0.2) is 200 Å². The van der Waals surface area contributed by atoms with E-state index < -0.39 is 23.4 Å². The Morgan fingerprint density at radius 3 is 0.792 bits per heavy atom. The first-order valence-corrected chi connectivity index (χ1v) is 23.9. The average Bonchev–Trinajstić information content (AvgIpc) is 3.87. The third kappa shape index (κ3) is 7.82. The van der Waals surface area contributed by atoms with E-state index in [1.54, 1.807) is 9.13 Å². The molecule has 7 heteroatoms. The quantitative estimate of drug-likeness (QED) is 0.141. The van der Waals surface area contributed by atoms with E-state index >= 15 is 22.0 Å². The van der Waals surface area contributed by atoms with Gasteiger partial charge in [-0.2, -0.15) is 13.2 Å². The number of rotatable bonds is 7. The lowest BCUT2D eigenvalue weighted by Crippen LogP contribution is -2.16. The van der Waals surface area contributed by atoms with Crippen LogP contribution in [0.5, 0.6) is 0 Å². The van der Waals surface area contributed by atoms with Gasteiger partial charge in [-0.3, -0.25) is 0 Å². The van der Waals surface area contributed by atoms with Crippen molar-refractivity contribution in [2.75, 3.05) is 0 Å². The molecule has 0 aliphatic heterocycles. The average molecular weight is 949 g/mol. The summed E-state index contributed by atoms with van der Waals surface area (Å²) in [6, 6.07) is 62.1. The van der Waals surface area contributed by atoms with Crippen molar-refractivity contribution >= 4 is 43.6 Å².